The Morgan fingerprint density at radius 1 is 1.35 bits per heavy atom. The third kappa shape index (κ3) is 1.98. The van der Waals surface area contributed by atoms with E-state index in [9.17, 15) is 0 Å². The van der Waals surface area contributed by atoms with Gasteiger partial charge in [0.1, 0.15) is 11.5 Å². The Bertz CT molecular complexity index is 519. The van der Waals surface area contributed by atoms with Crippen molar-refractivity contribution in [3.8, 4) is 0 Å². The van der Waals surface area contributed by atoms with E-state index in [0.29, 0.717) is 12.1 Å². The molecule has 3 rings (SSSR count). The SMILES string of the molecule is C=C1C(C)N(C2CCCC2)c2nc(CC)ncc2N1C. The van der Waals surface area contributed by atoms with Gasteiger partial charge in [0.2, 0.25) is 0 Å². The summed E-state index contributed by atoms with van der Waals surface area (Å²) in [4.78, 5) is 13.9. The van der Waals surface area contributed by atoms with Gasteiger partial charge in [0.25, 0.3) is 0 Å². The third-order valence-corrected chi connectivity index (χ3v) is 4.77. The molecule has 1 aliphatic heterocycles. The van der Waals surface area contributed by atoms with Crippen molar-refractivity contribution in [2.75, 3.05) is 16.8 Å². The fourth-order valence-corrected chi connectivity index (χ4v) is 3.45. The van der Waals surface area contributed by atoms with Gasteiger partial charge in [-0.1, -0.05) is 26.3 Å². The van der Waals surface area contributed by atoms with Crippen LogP contribution >= 0.6 is 0 Å². The van der Waals surface area contributed by atoms with Crippen LogP contribution in [0.15, 0.2) is 18.5 Å². The minimum Gasteiger partial charge on any atom is -0.344 e. The summed E-state index contributed by atoms with van der Waals surface area (Å²) in [5.41, 5.74) is 2.23. The van der Waals surface area contributed by atoms with Crippen molar-refractivity contribution < 1.29 is 0 Å². The van der Waals surface area contributed by atoms with Crippen LogP contribution in [0.1, 0.15) is 45.4 Å². The highest BCUT2D eigenvalue weighted by molar-refractivity contribution is 5.73. The van der Waals surface area contributed by atoms with Gasteiger partial charge in [0.15, 0.2) is 5.82 Å². The molecule has 1 aromatic rings. The molecule has 2 aliphatic rings. The van der Waals surface area contributed by atoms with Crippen molar-refractivity contribution in [1.29, 1.82) is 0 Å². The molecule has 0 bridgehead atoms. The summed E-state index contributed by atoms with van der Waals surface area (Å²) in [5, 5.41) is 0. The van der Waals surface area contributed by atoms with Crippen molar-refractivity contribution in [3.63, 3.8) is 0 Å². The van der Waals surface area contributed by atoms with Crippen LogP contribution in [0.5, 0.6) is 0 Å². The molecule has 1 atom stereocenters. The van der Waals surface area contributed by atoms with Crippen LogP contribution in [0.4, 0.5) is 11.5 Å². The summed E-state index contributed by atoms with van der Waals surface area (Å²) in [6.07, 6.45) is 8.04. The summed E-state index contributed by atoms with van der Waals surface area (Å²) in [5.74, 6) is 2.03. The van der Waals surface area contributed by atoms with Crippen LogP contribution in [0.3, 0.4) is 0 Å². The van der Waals surface area contributed by atoms with Gasteiger partial charge in [-0.05, 0) is 19.8 Å². The second-order valence-corrected chi connectivity index (χ2v) is 5.92. The molecule has 1 saturated carbocycles. The minimum absolute atomic E-state index is 0.315. The average Bonchev–Trinajstić information content (AvgIpc) is 2.98. The monoisotopic (exact) mass is 272 g/mol. The van der Waals surface area contributed by atoms with Crippen LogP contribution < -0.4 is 9.80 Å². The van der Waals surface area contributed by atoms with E-state index < -0.39 is 0 Å². The van der Waals surface area contributed by atoms with Gasteiger partial charge in [-0.3, -0.25) is 0 Å². The first-order valence-corrected chi connectivity index (χ1v) is 7.70. The second-order valence-electron chi connectivity index (χ2n) is 5.92. The first kappa shape index (κ1) is 13.4. The van der Waals surface area contributed by atoms with E-state index in [-0.39, 0.29) is 0 Å². The molecule has 1 unspecified atom stereocenters. The molecule has 0 aromatic carbocycles. The summed E-state index contributed by atoms with van der Waals surface area (Å²) in [7, 11) is 2.07. The lowest BCUT2D eigenvalue weighted by Crippen LogP contribution is -2.49. The highest BCUT2D eigenvalue weighted by Gasteiger charge is 2.36. The molecule has 20 heavy (non-hydrogen) atoms. The predicted octanol–water partition coefficient (Wildman–Crippen LogP) is 3.14. The lowest BCUT2D eigenvalue weighted by molar-refractivity contribution is 0.541. The summed E-state index contributed by atoms with van der Waals surface area (Å²) in [6, 6.07) is 0.920. The average molecular weight is 272 g/mol. The fraction of sp³-hybridized carbons (Fsp3) is 0.625. The van der Waals surface area contributed by atoms with Crippen molar-refractivity contribution in [2.24, 2.45) is 0 Å². The molecule has 2 heterocycles. The lowest BCUT2D eigenvalue weighted by Gasteiger charge is -2.45. The van der Waals surface area contributed by atoms with Crippen molar-refractivity contribution in [3.05, 3.63) is 24.3 Å². The number of aryl methyl sites for hydroxylation is 1. The van der Waals surface area contributed by atoms with Crippen molar-refractivity contribution in [2.45, 2.75) is 58.0 Å². The molecule has 1 aromatic heterocycles. The Kier molecular flexibility index (Phi) is 3.40. The Hall–Kier alpha value is -1.58. The van der Waals surface area contributed by atoms with Crippen LogP contribution in [0, 0.1) is 0 Å². The molecule has 108 valence electrons. The van der Waals surface area contributed by atoms with Crippen molar-refractivity contribution in [1.82, 2.24) is 9.97 Å². The minimum atomic E-state index is 0.315. The Morgan fingerprint density at radius 2 is 2.05 bits per heavy atom. The third-order valence-electron chi connectivity index (χ3n) is 4.77. The number of hydrogen-bond donors (Lipinski definition) is 0. The lowest BCUT2D eigenvalue weighted by atomic mass is 10.0. The number of nitrogens with zero attached hydrogens (tertiary/aromatic N) is 4. The Labute approximate surface area is 121 Å². The second kappa shape index (κ2) is 5.08. The number of anilines is 2. The number of hydrogen-bond acceptors (Lipinski definition) is 4. The molecule has 0 amide bonds. The molecular weight excluding hydrogens is 248 g/mol. The zero-order valence-corrected chi connectivity index (χ0v) is 12.8. The van der Waals surface area contributed by atoms with Gasteiger partial charge in [-0.2, -0.15) is 0 Å². The first-order valence-electron chi connectivity index (χ1n) is 7.70. The Balaban J connectivity index is 2.09. The smallest absolute Gasteiger partial charge is 0.157 e. The van der Waals surface area contributed by atoms with E-state index in [0.717, 1.165) is 29.4 Å². The first-order chi connectivity index (χ1) is 9.63. The molecule has 1 fully saturated rings. The normalized spacial score (nSPS) is 23.4. The fourth-order valence-electron chi connectivity index (χ4n) is 3.45. The maximum Gasteiger partial charge on any atom is 0.157 e. The number of fused-ring (bicyclic) bond motifs is 1. The van der Waals surface area contributed by atoms with Gasteiger partial charge < -0.3 is 9.80 Å². The Morgan fingerprint density at radius 3 is 2.70 bits per heavy atom. The van der Waals surface area contributed by atoms with Crippen LogP contribution in [0.25, 0.3) is 0 Å². The molecule has 0 spiro atoms. The van der Waals surface area contributed by atoms with Crippen LogP contribution in [-0.4, -0.2) is 29.1 Å². The molecule has 0 N–H and O–H groups in total. The molecule has 0 radical (unpaired) electrons. The molecule has 1 aliphatic carbocycles. The highest BCUT2D eigenvalue weighted by Crippen LogP contribution is 2.41. The van der Waals surface area contributed by atoms with E-state index in [1.54, 1.807) is 0 Å². The summed E-state index contributed by atoms with van der Waals surface area (Å²) < 4.78 is 0. The van der Waals surface area contributed by atoms with E-state index in [2.05, 4.69) is 42.3 Å². The van der Waals surface area contributed by atoms with Crippen LogP contribution in [-0.2, 0) is 6.42 Å². The summed E-state index contributed by atoms with van der Waals surface area (Å²) >= 11 is 0. The highest BCUT2D eigenvalue weighted by atomic mass is 15.3. The molecule has 0 saturated heterocycles. The maximum atomic E-state index is 4.83. The van der Waals surface area contributed by atoms with E-state index in [1.165, 1.54) is 25.7 Å². The number of likely N-dealkylation sites (N-methyl/N-ethyl adjacent to an activating group) is 1. The summed E-state index contributed by atoms with van der Waals surface area (Å²) in [6.45, 7) is 8.62. The zero-order chi connectivity index (χ0) is 14.3. The quantitative estimate of drug-likeness (QED) is 0.828. The zero-order valence-electron chi connectivity index (χ0n) is 12.8. The van der Waals surface area contributed by atoms with Gasteiger partial charge in [0.05, 0.1) is 12.2 Å². The standard InChI is InChI=1S/C16H24N4/c1-5-15-17-10-14-16(18-15)20(13-8-6-7-9-13)12(3)11(2)19(14)4/h10,12-13H,2,5-9H2,1,3-4H3. The van der Waals surface area contributed by atoms with Crippen molar-refractivity contribution >= 4 is 11.5 Å². The van der Waals surface area contributed by atoms with Crippen LogP contribution in [0.2, 0.25) is 0 Å². The largest absolute Gasteiger partial charge is 0.344 e. The molecule has 4 nitrogen and oxygen atoms in total. The van der Waals surface area contributed by atoms with Gasteiger partial charge in [0, 0.05) is 25.2 Å². The topological polar surface area (TPSA) is 32.3 Å². The van der Waals surface area contributed by atoms with E-state index in [4.69, 9.17) is 4.98 Å². The van der Waals surface area contributed by atoms with Gasteiger partial charge in [-0.15, -0.1) is 0 Å². The molecular formula is C16H24N4. The number of aromatic nitrogens is 2. The van der Waals surface area contributed by atoms with Gasteiger partial charge >= 0.3 is 0 Å². The predicted molar refractivity (Wildman–Crippen MR) is 83.2 cm³/mol. The van der Waals surface area contributed by atoms with Gasteiger partial charge in [-0.25, -0.2) is 9.97 Å². The molecule has 4 heteroatoms. The maximum absolute atomic E-state index is 4.83. The number of rotatable bonds is 2. The van der Waals surface area contributed by atoms with E-state index in [1.807, 2.05) is 6.20 Å². The van der Waals surface area contributed by atoms with E-state index >= 15 is 0 Å².